The number of rotatable bonds is 2. The summed E-state index contributed by atoms with van der Waals surface area (Å²) in [5.41, 5.74) is 6.07. The molecule has 0 unspecified atom stereocenters. The second kappa shape index (κ2) is 6.01. The predicted octanol–water partition coefficient (Wildman–Crippen LogP) is 3.06. The van der Waals surface area contributed by atoms with Gasteiger partial charge in [0.25, 0.3) is 0 Å². The van der Waals surface area contributed by atoms with Gasteiger partial charge >= 0.3 is 0 Å². The molecular formula is C8H9Cl4NO. The van der Waals surface area contributed by atoms with Crippen molar-refractivity contribution in [1.82, 2.24) is 0 Å². The molecule has 2 nitrogen and oxygen atoms in total. The van der Waals surface area contributed by atoms with Gasteiger partial charge in [0.05, 0.1) is 22.7 Å². The van der Waals surface area contributed by atoms with Crippen molar-refractivity contribution < 1.29 is 5.11 Å². The van der Waals surface area contributed by atoms with E-state index in [0.29, 0.717) is 20.6 Å². The third-order valence-corrected chi connectivity index (χ3v) is 2.80. The number of aliphatic hydroxyl groups is 1. The molecule has 0 heterocycles. The molecule has 0 saturated carbocycles. The summed E-state index contributed by atoms with van der Waals surface area (Å²) in [6.45, 7) is -0.222. The van der Waals surface area contributed by atoms with Crippen molar-refractivity contribution in [3.05, 3.63) is 32.8 Å². The Hall–Kier alpha value is 0.300. The number of aliphatic hydroxyl groups excluding tert-OH is 1. The zero-order valence-electron chi connectivity index (χ0n) is 7.01. The summed E-state index contributed by atoms with van der Waals surface area (Å²) in [7, 11) is 0. The minimum atomic E-state index is -0.598. The first-order valence-electron chi connectivity index (χ1n) is 3.57. The summed E-state index contributed by atoms with van der Waals surface area (Å²) in [5, 5.41) is 9.94. The molecule has 6 heteroatoms. The zero-order valence-corrected chi connectivity index (χ0v) is 10.1. The highest BCUT2D eigenvalue weighted by atomic mass is 35.5. The van der Waals surface area contributed by atoms with Crippen molar-refractivity contribution in [2.24, 2.45) is 5.73 Å². The third-order valence-electron chi connectivity index (χ3n) is 1.65. The molecule has 0 aliphatic carbocycles. The Morgan fingerprint density at radius 1 is 1.21 bits per heavy atom. The Morgan fingerprint density at radius 2 is 1.71 bits per heavy atom. The molecule has 1 rings (SSSR count). The maximum Gasteiger partial charge on any atom is 0.0655 e. The summed E-state index contributed by atoms with van der Waals surface area (Å²) in [5.74, 6) is 0. The molecule has 0 spiro atoms. The highest BCUT2D eigenvalue weighted by molar-refractivity contribution is 6.44. The lowest BCUT2D eigenvalue weighted by Gasteiger charge is -2.13. The highest BCUT2D eigenvalue weighted by Gasteiger charge is 2.15. The van der Waals surface area contributed by atoms with Gasteiger partial charge in [0.15, 0.2) is 0 Å². The molecule has 14 heavy (non-hydrogen) atoms. The van der Waals surface area contributed by atoms with Crippen LogP contribution in [0.15, 0.2) is 12.1 Å². The smallest absolute Gasteiger partial charge is 0.0655 e. The summed E-state index contributed by atoms with van der Waals surface area (Å²) < 4.78 is 0. The monoisotopic (exact) mass is 275 g/mol. The second-order valence-electron chi connectivity index (χ2n) is 2.55. The van der Waals surface area contributed by atoms with Crippen LogP contribution in [0.5, 0.6) is 0 Å². The number of hydrogen-bond donors (Lipinski definition) is 2. The van der Waals surface area contributed by atoms with Crippen molar-refractivity contribution >= 4 is 47.2 Å². The molecule has 0 aliphatic heterocycles. The third kappa shape index (κ3) is 2.89. The second-order valence-corrected chi connectivity index (χ2v) is 3.74. The van der Waals surface area contributed by atoms with E-state index in [2.05, 4.69) is 0 Å². The summed E-state index contributed by atoms with van der Waals surface area (Å²) >= 11 is 17.5. The Morgan fingerprint density at radius 3 is 2.21 bits per heavy atom. The Balaban J connectivity index is 0.00000169. The zero-order chi connectivity index (χ0) is 10.0. The first-order chi connectivity index (χ1) is 6.07. The predicted molar refractivity (Wildman–Crippen MR) is 62.7 cm³/mol. The lowest BCUT2D eigenvalue weighted by atomic mass is 10.1. The van der Waals surface area contributed by atoms with Crippen molar-refractivity contribution in [3.63, 3.8) is 0 Å². The first-order valence-corrected chi connectivity index (χ1v) is 4.71. The van der Waals surface area contributed by atoms with Crippen LogP contribution in [-0.4, -0.2) is 11.7 Å². The number of halogens is 4. The molecule has 0 fully saturated rings. The number of hydrogen-bond acceptors (Lipinski definition) is 2. The molecule has 0 saturated heterocycles. The van der Waals surface area contributed by atoms with Crippen LogP contribution in [-0.2, 0) is 0 Å². The Kier molecular flexibility index (Phi) is 6.14. The van der Waals surface area contributed by atoms with Crippen molar-refractivity contribution in [2.75, 3.05) is 6.61 Å². The summed E-state index contributed by atoms with van der Waals surface area (Å²) in [6, 6.07) is 2.58. The van der Waals surface area contributed by atoms with E-state index in [0.717, 1.165) is 0 Å². The minimum Gasteiger partial charge on any atom is -0.394 e. The quantitative estimate of drug-likeness (QED) is 0.816. The lowest BCUT2D eigenvalue weighted by molar-refractivity contribution is 0.268. The molecule has 1 aromatic rings. The highest BCUT2D eigenvalue weighted by Crippen LogP contribution is 2.34. The topological polar surface area (TPSA) is 46.2 Å². The van der Waals surface area contributed by atoms with Crippen LogP contribution in [0.4, 0.5) is 0 Å². The lowest BCUT2D eigenvalue weighted by Crippen LogP contribution is -2.15. The van der Waals surface area contributed by atoms with Crippen LogP contribution >= 0.6 is 47.2 Å². The van der Waals surface area contributed by atoms with Crippen LogP contribution < -0.4 is 5.73 Å². The molecule has 0 bridgehead atoms. The van der Waals surface area contributed by atoms with E-state index in [1.807, 2.05) is 0 Å². The van der Waals surface area contributed by atoms with E-state index in [1.54, 1.807) is 12.1 Å². The first kappa shape index (κ1) is 14.3. The normalized spacial score (nSPS) is 12.1. The molecule has 0 aliphatic rings. The Labute approximate surface area is 103 Å². The van der Waals surface area contributed by atoms with E-state index < -0.39 is 6.04 Å². The van der Waals surface area contributed by atoms with Gasteiger partial charge in [0.2, 0.25) is 0 Å². The van der Waals surface area contributed by atoms with Gasteiger partial charge in [-0.3, -0.25) is 0 Å². The van der Waals surface area contributed by atoms with Gasteiger partial charge in [-0.25, -0.2) is 0 Å². The standard InChI is InChI=1S/C8H8Cl3NO.ClH/c9-4-1-2-5(10)8(11)7(4)6(12)3-13;/h1-2,6,13H,3,12H2;1H/t6-;/m1./s1. The molecule has 3 N–H and O–H groups in total. The fraction of sp³-hybridized carbons (Fsp3) is 0.250. The average molecular weight is 277 g/mol. The summed E-state index contributed by atoms with van der Waals surface area (Å²) in [4.78, 5) is 0. The van der Waals surface area contributed by atoms with E-state index in [9.17, 15) is 0 Å². The van der Waals surface area contributed by atoms with Crippen LogP contribution in [0.25, 0.3) is 0 Å². The van der Waals surface area contributed by atoms with Gasteiger partial charge in [0, 0.05) is 10.6 Å². The van der Waals surface area contributed by atoms with Gasteiger partial charge < -0.3 is 10.8 Å². The van der Waals surface area contributed by atoms with Crippen LogP contribution in [0, 0.1) is 0 Å². The fourth-order valence-corrected chi connectivity index (χ4v) is 1.79. The van der Waals surface area contributed by atoms with E-state index in [-0.39, 0.29) is 19.0 Å². The number of nitrogens with two attached hydrogens (primary N) is 1. The molecule has 0 amide bonds. The molecule has 1 aromatic carbocycles. The minimum absolute atomic E-state index is 0. The van der Waals surface area contributed by atoms with Gasteiger partial charge in [0.1, 0.15) is 0 Å². The van der Waals surface area contributed by atoms with E-state index in [1.165, 1.54) is 0 Å². The maximum absolute atomic E-state index is 8.84. The van der Waals surface area contributed by atoms with Crippen molar-refractivity contribution in [1.29, 1.82) is 0 Å². The van der Waals surface area contributed by atoms with E-state index in [4.69, 9.17) is 45.6 Å². The molecular weight excluding hydrogens is 268 g/mol. The van der Waals surface area contributed by atoms with Crippen LogP contribution in [0.2, 0.25) is 15.1 Å². The number of benzene rings is 1. The SMILES string of the molecule is Cl.N[C@H](CO)c1c(Cl)ccc(Cl)c1Cl. The van der Waals surface area contributed by atoms with Crippen LogP contribution in [0.1, 0.15) is 11.6 Å². The van der Waals surface area contributed by atoms with Crippen molar-refractivity contribution in [3.8, 4) is 0 Å². The largest absolute Gasteiger partial charge is 0.394 e. The average Bonchev–Trinajstić information content (AvgIpc) is 2.12. The Bertz CT molecular complexity index is 318. The van der Waals surface area contributed by atoms with Crippen LogP contribution in [0.3, 0.4) is 0 Å². The molecule has 80 valence electrons. The van der Waals surface area contributed by atoms with Crippen molar-refractivity contribution in [2.45, 2.75) is 6.04 Å². The van der Waals surface area contributed by atoms with Gasteiger partial charge in [-0.15, -0.1) is 12.4 Å². The fourth-order valence-electron chi connectivity index (χ4n) is 0.974. The maximum atomic E-state index is 8.84. The molecule has 1 atom stereocenters. The molecule has 0 radical (unpaired) electrons. The van der Waals surface area contributed by atoms with Gasteiger partial charge in [-0.05, 0) is 12.1 Å². The van der Waals surface area contributed by atoms with Gasteiger partial charge in [-0.2, -0.15) is 0 Å². The summed E-state index contributed by atoms with van der Waals surface area (Å²) in [6.07, 6.45) is 0. The van der Waals surface area contributed by atoms with Gasteiger partial charge in [-0.1, -0.05) is 34.8 Å². The molecule has 0 aromatic heterocycles. The van der Waals surface area contributed by atoms with E-state index >= 15 is 0 Å².